The number of rotatable bonds is 1. The molecule has 0 aliphatic carbocycles. The molecule has 1 aromatic rings. The van der Waals surface area contributed by atoms with Crippen molar-refractivity contribution in [1.82, 2.24) is 5.01 Å². The van der Waals surface area contributed by atoms with E-state index in [2.05, 4.69) is 33.2 Å². The van der Waals surface area contributed by atoms with Gasteiger partial charge in [-0.1, -0.05) is 12.1 Å². The van der Waals surface area contributed by atoms with Crippen molar-refractivity contribution in [1.29, 1.82) is 0 Å². The van der Waals surface area contributed by atoms with Crippen LogP contribution in [0.4, 0.5) is 11.4 Å². The first kappa shape index (κ1) is 9.81. The number of benzene rings is 1. The summed E-state index contributed by atoms with van der Waals surface area (Å²) in [5, 5.41) is 4.64. The summed E-state index contributed by atoms with van der Waals surface area (Å²) in [5.74, 6) is 0. The number of aliphatic imine (C=N–C) groups is 1. The van der Waals surface area contributed by atoms with E-state index in [0.29, 0.717) is 0 Å². The van der Waals surface area contributed by atoms with E-state index in [9.17, 15) is 0 Å². The second-order valence-corrected chi connectivity index (χ2v) is 3.95. The largest absolute Gasteiger partial charge is 0.379 e. The predicted molar refractivity (Wildman–Crippen MR) is 64.3 cm³/mol. The first-order chi connectivity index (χ1) is 7.95. The molecule has 0 atom stereocenters. The first-order valence-corrected chi connectivity index (χ1v) is 5.67. The van der Waals surface area contributed by atoms with E-state index in [0.717, 1.165) is 38.5 Å². The summed E-state index contributed by atoms with van der Waals surface area (Å²) < 4.78 is 5.38. The molecule has 1 aromatic carbocycles. The number of hydrazine groups is 1. The number of para-hydroxylation sites is 2. The van der Waals surface area contributed by atoms with Crippen molar-refractivity contribution >= 4 is 17.6 Å². The second-order valence-electron chi connectivity index (χ2n) is 3.95. The molecule has 2 aliphatic rings. The van der Waals surface area contributed by atoms with E-state index in [1.807, 2.05) is 12.3 Å². The summed E-state index contributed by atoms with van der Waals surface area (Å²) in [6.45, 7) is 4.41. The molecule has 4 heteroatoms. The average Bonchev–Trinajstić information content (AvgIpc) is 2.39. The lowest BCUT2D eigenvalue weighted by Crippen LogP contribution is -2.50. The Morgan fingerprint density at radius 1 is 1.12 bits per heavy atom. The smallest absolute Gasteiger partial charge is 0.0873 e. The Balaban J connectivity index is 1.88. The van der Waals surface area contributed by atoms with Crippen LogP contribution in [0.15, 0.2) is 29.3 Å². The molecule has 0 amide bonds. The minimum absolute atomic E-state index is 0.815. The first-order valence-electron chi connectivity index (χ1n) is 5.67. The topological polar surface area (TPSA) is 28.1 Å². The summed E-state index contributed by atoms with van der Waals surface area (Å²) >= 11 is 0. The normalized spacial score (nSPS) is 20.9. The van der Waals surface area contributed by atoms with Crippen molar-refractivity contribution in [2.75, 3.05) is 37.9 Å². The van der Waals surface area contributed by atoms with Crippen LogP contribution in [0.3, 0.4) is 0 Å². The summed E-state index contributed by atoms with van der Waals surface area (Å²) in [4.78, 5) is 4.41. The van der Waals surface area contributed by atoms with Crippen molar-refractivity contribution in [3.63, 3.8) is 0 Å². The minimum atomic E-state index is 0.815. The average molecular weight is 217 g/mol. The summed E-state index contributed by atoms with van der Waals surface area (Å²) in [5.41, 5.74) is 2.26. The van der Waals surface area contributed by atoms with Gasteiger partial charge in [0.25, 0.3) is 0 Å². The predicted octanol–water partition coefficient (Wildman–Crippen LogP) is 1.46. The Morgan fingerprint density at radius 3 is 2.81 bits per heavy atom. The molecule has 0 bridgehead atoms. The number of fused-ring (bicyclic) bond motifs is 1. The SMILES string of the molecule is C1=Nc2ccccc2N(N2CCOCC2)C1. The standard InChI is InChI=1S/C12H15N3O/c1-2-4-12-11(3-1)13-5-6-15(12)14-7-9-16-10-8-14/h1-5H,6-10H2. The molecule has 0 unspecified atom stereocenters. The van der Waals surface area contributed by atoms with Gasteiger partial charge in [-0.2, -0.15) is 0 Å². The Kier molecular flexibility index (Phi) is 2.60. The van der Waals surface area contributed by atoms with Crippen LogP contribution in [-0.2, 0) is 4.74 Å². The second kappa shape index (κ2) is 4.23. The van der Waals surface area contributed by atoms with Crippen LogP contribution in [0, 0.1) is 0 Å². The third kappa shape index (κ3) is 1.70. The van der Waals surface area contributed by atoms with Crippen molar-refractivity contribution in [3.05, 3.63) is 24.3 Å². The summed E-state index contributed by atoms with van der Waals surface area (Å²) in [6.07, 6.45) is 1.97. The van der Waals surface area contributed by atoms with Gasteiger partial charge in [0.2, 0.25) is 0 Å². The van der Waals surface area contributed by atoms with Gasteiger partial charge in [0, 0.05) is 19.3 Å². The molecule has 1 fully saturated rings. The number of morpholine rings is 1. The molecule has 1 saturated heterocycles. The lowest BCUT2D eigenvalue weighted by molar-refractivity contribution is 0.0335. The highest BCUT2D eigenvalue weighted by molar-refractivity contribution is 5.80. The molecular weight excluding hydrogens is 202 g/mol. The molecule has 3 rings (SSSR count). The van der Waals surface area contributed by atoms with Crippen LogP contribution in [-0.4, -0.2) is 44.1 Å². The quantitative estimate of drug-likeness (QED) is 0.713. The molecule has 0 aromatic heterocycles. The van der Waals surface area contributed by atoms with E-state index in [1.54, 1.807) is 0 Å². The van der Waals surface area contributed by atoms with E-state index < -0.39 is 0 Å². The van der Waals surface area contributed by atoms with Gasteiger partial charge in [0.1, 0.15) is 0 Å². The molecular formula is C12H15N3O. The molecule has 16 heavy (non-hydrogen) atoms. The number of nitrogens with zero attached hydrogens (tertiary/aromatic N) is 3. The molecule has 4 nitrogen and oxygen atoms in total. The molecule has 0 N–H and O–H groups in total. The Labute approximate surface area is 95.1 Å². The molecule has 2 aliphatic heterocycles. The zero-order valence-electron chi connectivity index (χ0n) is 9.17. The number of ether oxygens (including phenoxy) is 1. The molecule has 2 heterocycles. The third-order valence-electron chi connectivity index (χ3n) is 2.97. The van der Waals surface area contributed by atoms with Crippen molar-refractivity contribution in [2.24, 2.45) is 4.99 Å². The van der Waals surface area contributed by atoms with Crippen molar-refractivity contribution in [2.45, 2.75) is 0 Å². The highest BCUT2D eigenvalue weighted by Crippen LogP contribution is 2.31. The van der Waals surface area contributed by atoms with E-state index in [1.165, 1.54) is 5.69 Å². The van der Waals surface area contributed by atoms with Gasteiger partial charge in [-0.05, 0) is 12.1 Å². The maximum Gasteiger partial charge on any atom is 0.0873 e. The Bertz CT molecular complexity index is 399. The van der Waals surface area contributed by atoms with Gasteiger partial charge < -0.3 is 4.74 Å². The van der Waals surface area contributed by atoms with Crippen LogP contribution in [0.1, 0.15) is 0 Å². The third-order valence-corrected chi connectivity index (χ3v) is 2.97. The fraction of sp³-hybridized carbons (Fsp3) is 0.417. The Hall–Kier alpha value is -1.39. The monoisotopic (exact) mass is 217 g/mol. The van der Waals surface area contributed by atoms with Gasteiger partial charge >= 0.3 is 0 Å². The van der Waals surface area contributed by atoms with Crippen LogP contribution >= 0.6 is 0 Å². The van der Waals surface area contributed by atoms with Gasteiger partial charge in [-0.25, -0.2) is 5.01 Å². The molecule has 0 radical (unpaired) electrons. The van der Waals surface area contributed by atoms with Gasteiger partial charge in [0.05, 0.1) is 31.1 Å². The van der Waals surface area contributed by atoms with Crippen LogP contribution in [0.2, 0.25) is 0 Å². The maximum absolute atomic E-state index is 5.38. The van der Waals surface area contributed by atoms with E-state index >= 15 is 0 Å². The van der Waals surface area contributed by atoms with Gasteiger partial charge in [-0.15, -0.1) is 0 Å². The van der Waals surface area contributed by atoms with Crippen molar-refractivity contribution < 1.29 is 4.74 Å². The number of hydrogen-bond donors (Lipinski definition) is 0. The van der Waals surface area contributed by atoms with Crippen molar-refractivity contribution in [3.8, 4) is 0 Å². The number of hydrogen-bond acceptors (Lipinski definition) is 4. The summed E-state index contributed by atoms with van der Waals surface area (Å²) in [7, 11) is 0. The van der Waals surface area contributed by atoms with Crippen LogP contribution < -0.4 is 5.01 Å². The lowest BCUT2D eigenvalue weighted by atomic mass is 10.2. The molecule has 0 saturated carbocycles. The van der Waals surface area contributed by atoms with E-state index in [-0.39, 0.29) is 0 Å². The van der Waals surface area contributed by atoms with E-state index in [4.69, 9.17) is 4.74 Å². The summed E-state index contributed by atoms with van der Waals surface area (Å²) in [6, 6.07) is 8.27. The van der Waals surface area contributed by atoms with Crippen LogP contribution in [0.5, 0.6) is 0 Å². The zero-order valence-corrected chi connectivity index (χ0v) is 9.17. The fourth-order valence-electron chi connectivity index (χ4n) is 2.17. The molecule has 0 spiro atoms. The fourth-order valence-corrected chi connectivity index (χ4v) is 2.17. The molecule has 84 valence electrons. The highest BCUT2D eigenvalue weighted by Gasteiger charge is 2.21. The van der Waals surface area contributed by atoms with Crippen LogP contribution in [0.25, 0.3) is 0 Å². The maximum atomic E-state index is 5.38. The van der Waals surface area contributed by atoms with Gasteiger partial charge in [-0.3, -0.25) is 10.0 Å². The van der Waals surface area contributed by atoms with Gasteiger partial charge in [0.15, 0.2) is 0 Å². The highest BCUT2D eigenvalue weighted by atomic mass is 16.5. The lowest BCUT2D eigenvalue weighted by Gasteiger charge is -2.39. The Morgan fingerprint density at radius 2 is 1.94 bits per heavy atom. The minimum Gasteiger partial charge on any atom is -0.379 e. The number of anilines is 1. The zero-order chi connectivity index (χ0) is 10.8.